The molecule has 124 valence electrons. The van der Waals surface area contributed by atoms with Gasteiger partial charge in [-0.25, -0.2) is 4.98 Å². The maximum Gasteiger partial charge on any atom is 0.251 e. The van der Waals surface area contributed by atoms with Gasteiger partial charge in [-0.05, 0) is 64.5 Å². The molecule has 0 aliphatic heterocycles. The molecule has 25 heavy (non-hydrogen) atoms. The van der Waals surface area contributed by atoms with E-state index in [1.54, 1.807) is 0 Å². The van der Waals surface area contributed by atoms with Crippen LogP contribution in [-0.4, -0.2) is 19.9 Å². The van der Waals surface area contributed by atoms with Crippen molar-refractivity contribution < 1.29 is 4.79 Å². The molecule has 3 heterocycles. The van der Waals surface area contributed by atoms with Gasteiger partial charge in [-0.15, -0.1) is 0 Å². The lowest BCUT2D eigenvalue weighted by Crippen LogP contribution is -2.22. The summed E-state index contributed by atoms with van der Waals surface area (Å²) in [6.45, 7) is 0.386. The summed E-state index contributed by atoms with van der Waals surface area (Å²) in [6.07, 6.45) is 7.79. The van der Waals surface area contributed by atoms with E-state index in [2.05, 4.69) is 26.2 Å². The average molecular weight is 395 g/mol. The van der Waals surface area contributed by atoms with Crippen LogP contribution in [0.4, 0.5) is 0 Å². The fourth-order valence-corrected chi connectivity index (χ4v) is 3.02. The van der Waals surface area contributed by atoms with Crippen molar-refractivity contribution in [1.29, 1.82) is 0 Å². The first-order valence-corrected chi connectivity index (χ1v) is 8.63. The van der Waals surface area contributed by atoms with Crippen LogP contribution in [0.5, 0.6) is 0 Å². The molecule has 3 aromatic heterocycles. The monoisotopic (exact) mass is 394 g/mol. The van der Waals surface area contributed by atoms with E-state index < -0.39 is 0 Å². The maximum absolute atomic E-state index is 12.3. The Kier molecular flexibility index (Phi) is 4.11. The zero-order valence-electron chi connectivity index (χ0n) is 13.3. The van der Waals surface area contributed by atoms with Gasteiger partial charge in [-0.1, -0.05) is 0 Å². The molecule has 1 aromatic carbocycles. The van der Waals surface area contributed by atoms with E-state index in [4.69, 9.17) is 0 Å². The number of benzene rings is 1. The van der Waals surface area contributed by atoms with Crippen LogP contribution in [0.15, 0.2) is 77.8 Å². The van der Waals surface area contributed by atoms with Crippen molar-refractivity contribution in [2.45, 2.75) is 6.54 Å². The SMILES string of the molecule is O=C(NCc1cn2cc(Br)ccc2n1)c1ccc(-n2cccc2)cc1. The third-order valence-electron chi connectivity index (χ3n) is 3.93. The summed E-state index contributed by atoms with van der Waals surface area (Å²) < 4.78 is 4.91. The summed E-state index contributed by atoms with van der Waals surface area (Å²) in [6, 6.07) is 15.3. The lowest BCUT2D eigenvalue weighted by atomic mass is 10.2. The number of hydrogen-bond acceptors (Lipinski definition) is 2. The molecular weight excluding hydrogens is 380 g/mol. The summed E-state index contributed by atoms with van der Waals surface area (Å²) in [5.41, 5.74) is 3.31. The number of imidazole rings is 1. The Labute approximate surface area is 153 Å². The lowest BCUT2D eigenvalue weighted by Gasteiger charge is -2.06. The number of halogens is 1. The molecule has 5 nitrogen and oxygen atoms in total. The Morgan fingerprint density at radius 3 is 2.56 bits per heavy atom. The first-order chi connectivity index (χ1) is 12.2. The highest BCUT2D eigenvalue weighted by Crippen LogP contribution is 2.13. The summed E-state index contributed by atoms with van der Waals surface area (Å²) in [5, 5.41) is 2.91. The highest BCUT2D eigenvalue weighted by molar-refractivity contribution is 9.10. The Morgan fingerprint density at radius 2 is 1.80 bits per heavy atom. The minimum absolute atomic E-state index is 0.114. The second kappa shape index (κ2) is 6.57. The normalized spacial score (nSPS) is 10.9. The van der Waals surface area contributed by atoms with Crippen molar-refractivity contribution >= 4 is 27.5 Å². The van der Waals surface area contributed by atoms with Gasteiger partial charge in [0, 0.05) is 40.5 Å². The van der Waals surface area contributed by atoms with Crippen LogP contribution in [0.25, 0.3) is 11.3 Å². The molecule has 1 amide bonds. The molecule has 0 aliphatic rings. The molecule has 0 unspecified atom stereocenters. The first-order valence-electron chi connectivity index (χ1n) is 7.84. The Morgan fingerprint density at radius 1 is 1.04 bits per heavy atom. The Hall–Kier alpha value is -2.86. The minimum atomic E-state index is -0.114. The highest BCUT2D eigenvalue weighted by atomic mass is 79.9. The Balaban J connectivity index is 1.44. The summed E-state index contributed by atoms with van der Waals surface area (Å²) in [5.74, 6) is -0.114. The van der Waals surface area contributed by atoms with Gasteiger partial charge in [0.05, 0.1) is 12.2 Å². The van der Waals surface area contributed by atoms with E-state index in [-0.39, 0.29) is 5.91 Å². The fraction of sp³-hybridized carbons (Fsp3) is 0.0526. The number of nitrogens with zero attached hydrogens (tertiary/aromatic N) is 3. The lowest BCUT2D eigenvalue weighted by molar-refractivity contribution is 0.0950. The van der Waals surface area contributed by atoms with Gasteiger partial charge in [0.15, 0.2) is 0 Å². The number of hydrogen-bond donors (Lipinski definition) is 1. The molecule has 4 rings (SSSR count). The second-order valence-corrected chi connectivity index (χ2v) is 6.58. The topological polar surface area (TPSA) is 51.3 Å². The largest absolute Gasteiger partial charge is 0.346 e. The fourth-order valence-electron chi connectivity index (χ4n) is 2.67. The van der Waals surface area contributed by atoms with Crippen molar-refractivity contribution in [3.05, 3.63) is 89.0 Å². The number of pyridine rings is 1. The average Bonchev–Trinajstić information content (AvgIpc) is 3.29. The van der Waals surface area contributed by atoms with Crippen molar-refractivity contribution in [2.24, 2.45) is 0 Å². The molecule has 0 atom stereocenters. The standard InChI is InChI=1S/C19H15BrN4O/c20-15-5-8-18-22-16(13-24(18)12-15)11-21-19(25)14-3-6-17(7-4-14)23-9-1-2-10-23/h1-10,12-13H,11H2,(H,21,25). The van der Waals surface area contributed by atoms with Gasteiger partial charge in [0.2, 0.25) is 0 Å². The zero-order valence-corrected chi connectivity index (χ0v) is 14.8. The van der Waals surface area contributed by atoms with Gasteiger partial charge < -0.3 is 14.3 Å². The van der Waals surface area contributed by atoms with E-state index in [0.717, 1.165) is 21.5 Å². The molecule has 0 saturated heterocycles. The number of rotatable bonds is 4. The highest BCUT2D eigenvalue weighted by Gasteiger charge is 2.08. The van der Waals surface area contributed by atoms with Crippen molar-refractivity contribution in [2.75, 3.05) is 0 Å². The molecule has 1 N–H and O–H groups in total. The number of fused-ring (bicyclic) bond motifs is 1. The Bertz CT molecular complexity index is 1020. The number of aromatic nitrogens is 3. The molecule has 6 heteroatoms. The van der Waals surface area contributed by atoms with E-state index in [9.17, 15) is 4.79 Å². The third kappa shape index (κ3) is 3.34. The molecule has 0 aliphatic carbocycles. The predicted molar refractivity (Wildman–Crippen MR) is 99.8 cm³/mol. The summed E-state index contributed by atoms with van der Waals surface area (Å²) in [4.78, 5) is 16.8. The number of amides is 1. The first kappa shape index (κ1) is 15.7. The number of nitrogens with one attached hydrogen (secondary N) is 1. The van der Waals surface area contributed by atoms with Crippen LogP contribution in [0.2, 0.25) is 0 Å². The molecule has 0 spiro atoms. The maximum atomic E-state index is 12.3. The van der Waals surface area contributed by atoms with E-state index in [1.807, 2.05) is 82.3 Å². The van der Waals surface area contributed by atoms with E-state index >= 15 is 0 Å². The van der Waals surface area contributed by atoms with Crippen LogP contribution >= 0.6 is 15.9 Å². The smallest absolute Gasteiger partial charge is 0.251 e. The van der Waals surface area contributed by atoms with Gasteiger partial charge in [0.1, 0.15) is 5.65 Å². The summed E-state index contributed by atoms with van der Waals surface area (Å²) in [7, 11) is 0. The molecule has 0 bridgehead atoms. The van der Waals surface area contributed by atoms with Crippen LogP contribution < -0.4 is 5.32 Å². The van der Waals surface area contributed by atoms with Crippen molar-refractivity contribution in [3.63, 3.8) is 0 Å². The van der Waals surface area contributed by atoms with E-state index in [1.165, 1.54) is 0 Å². The molecular formula is C19H15BrN4O. The van der Waals surface area contributed by atoms with Crippen LogP contribution in [0.1, 0.15) is 16.1 Å². The predicted octanol–water partition coefficient (Wildman–Crippen LogP) is 3.82. The minimum Gasteiger partial charge on any atom is -0.346 e. The van der Waals surface area contributed by atoms with Gasteiger partial charge >= 0.3 is 0 Å². The van der Waals surface area contributed by atoms with Gasteiger partial charge in [-0.2, -0.15) is 0 Å². The molecule has 0 radical (unpaired) electrons. The molecule has 4 aromatic rings. The van der Waals surface area contributed by atoms with Gasteiger partial charge in [-0.3, -0.25) is 4.79 Å². The van der Waals surface area contributed by atoms with Crippen LogP contribution in [-0.2, 0) is 6.54 Å². The zero-order chi connectivity index (χ0) is 17.2. The summed E-state index contributed by atoms with van der Waals surface area (Å²) >= 11 is 3.43. The van der Waals surface area contributed by atoms with Crippen LogP contribution in [0.3, 0.4) is 0 Å². The molecule has 0 saturated carbocycles. The number of carbonyl (C=O) groups is 1. The van der Waals surface area contributed by atoms with Gasteiger partial charge in [0.25, 0.3) is 5.91 Å². The van der Waals surface area contributed by atoms with Crippen molar-refractivity contribution in [1.82, 2.24) is 19.3 Å². The number of carbonyl (C=O) groups excluding carboxylic acids is 1. The van der Waals surface area contributed by atoms with Crippen molar-refractivity contribution in [3.8, 4) is 5.69 Å². The van der Waals surface area contributed by atoms with E-state index in [0.29, 0.717) is 12.1 Å². The van der Waals surface area contributed by atoms with Crippen LogP contribution in [0, 0.1) is 0 Å². The quantitative estimate of drug-likeness (QED) is 0.571. The second-order valence-electron chi connectivity index (χ2n) is 5.66. The molecule has 0 fully saturated rings. The third-order valence-corrected chi connectivity index (χ3v) is 4.40.